The molecule has 0 bridgehead atoms. The highest BCUT2D eigenvalue weighted by atomic mass is 15.1. The van der Waals surface area contributed by atoms with Crippen LogP contribution in [0.5, 0.6) is 0 Å². The first-order chi connectivity index (χ1) is 18.5. The topological polar surface area (TPSA) is 15.3 Å². The minimum Gasteiger partial charge on any atom is -0.355 e. The summed E-state index contributed by atoms with van der Waals surface area (Å²) in [4.78, 5) is 2.35. The summed E-state index contributed by atoms with van der Waals surface area (Å²) in [6.45, 7) is 8.61. The van der Waals surface area contributed by atoms with Crippen LogP contribution >= 0.6 is 0 Å². The lowest BCUT2D eigenvalue weighted by Gasteiger charge is -2.27. The van der Waals surface area contributed by atoms with Crippen molar-refractivity contribution in [2.45, 2.75) is 40.5 Å². The normalized spacial score (nSPS) is 10.8. The molecule has 0 unspecified atom stereocenters. The molecule has 0 saturated carbocycles. The molecule has 0 radical (unpaired) electrons. The van der Waals surface area contributed by atoms with E-state index in [1.807, 2.05) is 0 Å². The van der Waals surface area contributed by atoms with Crippen LogP contribution in [0, 0.1) is 27.7 Å². The van der Waals surface area contributed by atoms with Gasteiger partial charge in [-0.2, -0.15) is 0 Å². The molecule has 0 aliphatic rings. The van der Waals surface area contributed by atoms with Crippen LogP contribution in [0.3, 0.4) is 0 Å². The van der Waals surface area contributed by atoms with Crippen molar-refractivity contribution < 1.29 is 0 Å². The fraction of sp³-hybridized carbons (Fsp3) is 0.167. The largest absolute Gasteiger partial charge is 0.355 e. The van der Waals surface area contributed by atoms with Gasteiger partial charge in [0.1, 0.15) is 0 Å². The van der Waals surface area contributed by atoms with E-state index >= 15 is 0 Å². The van der Waals surface area contributed by atoms with Crippen LogP contribution in [0.25, 0.3) is 0 Å². The van der Waals surface area contributed by atoms with Crippen LogP contribution in [0.2, 0.25) is 0 Å². The van der Waals surface area contributed by atoms with E-state index in [2.05, 4.69) is 153 Å². The average molecular weight is 497 g/mol. The molecular formula is C36H36N2. The average Bonchev–Trinajstić information content (AvgIpc) is 2.92. The van der Waals surface area contributed by atoms with E-state index in [-0.39, 0.29) is 0 Å². The van der Waals surface area contributed by atoms with Gasteiger partial charge in [0, 0.05) is 28.4 Å². The van der Waals surface area contributed by atoms with E-state index in [0.717, 1.165) is 24.2 Å². The third kappa shape index (κ3) is 5.98. The standard InChI is InChI=1S/C36H36N2/c1-26-10-22-35(28(3)24-26)37-32-18-14-30(15-19-32)12-13-31-16-20-34(21-17-31)38(33-8-6-5-7-9-33)36-23-11-27(2)25-29(36)4/h5-11,14-25,37H,12-13H2,1-4H3. The monoisotopic (exact) mass is 496 g/mol. The first kappa shape index (κ1) is 25.4. The fourth-order valence-electron chi connectivity index (χ4n) is 5.03. The number of hydrogen-bond donors (Lipinski definition) is 1. The van der Waals surface area contributed by atoms with Gasteiger partial charge in [-0.1, -0.05) is 77.9 Å². The number of rotatable bonds is 8. The summed E-state index contributed by atoms with van der Waals surface area (Å²) in [6, 6.07) is 41.7. The maximum atomic E-state index is 3.55. The second-order valence-electron chi connectivity index (χ2n) is 10.3. The molecule has 5 aromatic carbocycles. The molecule has 5 aromatic rings. The fourth-order valence-corrected chi connectivity index (χ4v) is 5.03. The van der Waals surface area contributed by atoms with Gasteiger partial charge in [-0.25, -0.2) is 0 Å². The van der Waals surface area contributed by atoms with Gasteiger partial charge in [0.2, 0.25) is 0 Å². The van der Waals surface area contributed by atoms with Crippen LogP contribution < -0.4 is 10.2 Å². The van der Waals surface area contributed by atoms with Crippen molar-refractivity contribution in [3.63, 3.8) is 0 Å². The van der Waals surface area contributed by atoms with Gasteiger partial charge in [-0.15, -0.1) is 0 Å². The minimum absolute atomic E-state index is 1.01. The number of aryl methyl sites for hydroxylation is 6. The van der Waals surface area contributed by atoms with E-state index < -0.39 is 0 Å². The van der Waals surface area contributed by atoms with Crippen molar-refractivity contribution >= 4 is 28.4 Å². The third-order valence-electron chi connectivity index (χ3n) is 7.12. The van der Waals surface area contributed by atoms with Crippen LogP contribution in [0.4, 0.5) is 28.4 Å². The molecule has 0 amide bonds. The van der Waals surface area contributed by atoms with Crippen LogP contribution in [0.1, 0.15) is 33.4 Å². The Hall–Kier alpha value is -4.30. The van der Waals surface area contributed by atoms with E-state index in [9.17, 15) is 0 Å². The Morgan fingerprint density at radius 2 is 1.08 bits per heavy atom. The lowest BCUT2D eigenvalue weighted by atomic mass is 10.0. The Morgan fingerprint density at radius 3 is 1.68 bits per heavy atom. The molecule has 2 heteroatoms. The SMILES string of the molecule is Cc1ccc(Nc2ccc(CCc3ccc(N(c4ccccc4)c4ccc(C)cc4C)cc3)cc2)c(C)c1. The van der Waals surface area contributed by atoms with Crippen LogP contribution in [-0.4, -0.2) is 0 Å². The maximum Gasteiger partial charge on any atom is 0.0490 e. The number of nitrogens with zero attached hydrogens (tertiary/aromatic N) is 1. The molecule has 5 rings (SSSR count). The minimum atomic E-state index is 1.01. The quantitative estimate of drug-likeness (QED) is 0.230. The Bertz CT molecular complexity index is 1500. The smallest absolute Gasteiger partial charge is 0.0490 e. The van der Waals surface area contributed by atoms with Crippen molar-refractivity contribution in [1.82, 2.24) is 0 Å². The molecule has 38 heavy (non-hydrogen) atoms. The van der Waals surface area contributed by atoms with Crippen molar-refractivity contribution in [2.75, 3.05) is 10.2 Å². The Labute approximate surface area is 227 Å². The predicted octanol–water partition coefficient (Wildman–Crippen LogP) is 9.92. The molecule has 0 fully saturated rings. The molecule has 2 nitrogen and oxygen atoms in total. The van der Waals surface area contributed by atoms with E-state index in [0.29, 0.717) is 0 Å². The second-order valence-corrected chi connectivity index (χ2v) is 10.3. The Kier molecular flexibility index (Phi) is 7.60. The molecule has 0 spiro atoms. The highest BCUT2D eigenvalue weighted by Crippen LogP contribution is 2.36. The van der Waals surface area contributed by atoms with Gasteiger partial charge in [-0.05, 0) is 111 Å². The zero-order chi connectivity index (χ0) is 26.5. The number of benzene rings is 5. The van der Waals surface area contributed by atoms with Crippen molar-refractivity contribution in [1.29, 1.82) is 0 Å². The van der Waals surface area contributed by atoms with Gasteiger partial charge < -0.3 is 10.2 Å². The van der Waals surface area contributed by atoms with Gasteiger partial charge in [0.05, 0.1) is 0 Å². The molecule has 0 saturated heterocycles. The van der Waals surface area contributed by atoms with E-state index in [1.54, 1.807) is 0 Å². The summed E-state index contributed by atoms with van der Waals surface area (Å²) in [5.41, 5.74) is 13.6. The summed E-state index contributed by atoms with van der Waals surface area (Å²) in [5.74, 6) is 0. The van der Waals surface area contributed by atoms with E-state index in [1.165, 1.54) is 50.4 Å². The summed E-state index contributed by atoms with van der Waals surface area (Å²) in [6.07, 6.45) is 2.03. The highest BCUT2D eigenvalue weighted by Gasteiger charge is 2.14. The summed E-state index contributed by atoms with van der Waals surface area (Å²) >= 11 is 0. The molecular weight excluding hydrogens is 460 g/mol. The first-order valence-electron chi connectivity index (χ1n) is 13.4. The van der Waals surface area contributed by atoms with Gasteiger partial charge in [0.15, 0.2) is 0 Å². The zero-order valence-corrected chi connectivity index (χ0v) is 22.8. The lowest BCUT2D eigenvalue weighted by molar-refractivity contribution is 0.960. The molecule has 0 aliphatic heterocycles. The zero-order valence-electron chi connectivity index (χ0n) is 22.8. The Balaban J connectivity index is 1.28. The molecule has 1 N–H and O–H groups in total. The number of anilines is 5. The van der Waals surface area contributed by atoms with Crippen molar-refractivity contribution in [3.05, 3.63) is 149 Å². The molecule has 0 atom stereocenters. The maximum absolute atomic E-state index is 3.55. The highest BCUT2D eigenvalue weighted by molar-refractivity contribution is 5.78. The summed E-state index contributed by atoms with van der Waals surface area (Å²) in [5, 5.41) is 3.55. The number of hydrogen-bond acceptors (Lipinski definition) is 2. The molecule has 190 valence electrons. The summed E-state index contributed by atoms with van der Waals surface area (Å²) in [7, 11) is 0. The molecule has 0 aliphatic carbocycles. The molecule has 0 aromatic heterocycles. The van der Waals surface area contributed by atoms with Gasteiger partial charge in [-0.3, -0.25) is 0 Å². The summed E-state index contributed by atoms with van der Waals surface area (Å²) < 4.78 is 0. The van der Waals surface area contributed by atoms with E-state index in [4.69, 9.17) is 0 Å². The molecule has 0 heterocycles. The van der Waals surface area contributed by atoms with Crippen molar-refractivity contribution in [2.24, 2.45) is 0 Å². The van der Waals surface area contributed by atoms with Crippen molar-refractivity contribution in [3.8, 4) is 0 Å². The lowest BCUT2D eigenvalue weighted by Crippen LogP contribution is -2.11. The third-order valence-corrected chi connectivity index (χ3v) is 7.12. The first-order valence-corrected chi connectivity index (χ1v) is 13.4. The van der Waals surface area contributed by atoms with Gasteiger partial charge in [0.25, 0.3) is 0 Å². The number of nitrogens with one attached hydrogen (secondary N) is 1. The van der Waals surface area contributed by atoms with Gasteiger partial charge >= 0.3 is 0 Å². The van der Waals surface area contributed by atoms with Crippen LogP contribution in [0.15, 0.2) is 115 Å². The second kappa shape index (κ2) is 11.4. The Morgan fingerprint density at radius 1 is 0.526 bits per heavy atom. The predicted molar refractivity (Wildman–Crippen MR) is 164 cm³/mol. The number of para-hydroxylation sites is 1. The van der Waals surface area contributed by atoms with Crippen LogP contribution in [-0.2, 0) is 12.8 Å².